The predicted molar refractivity (Wildman–Crippen MR) is 95.2 cm³/mol. The number of anilines is 4. The Balaban J connectivity index is 1.62. The van der Waals surface area contributed by atoms with E-state index in [4.69, 9.17) is 5.73 Å². The number of rotatable bonds is 3. The van der Waals surface area contributed by atoms with Gasteiger partial charge in [0.2, 0.25) is 0 Å². The molecule has 1 aromatic carbocycles. The summed E-state index contributed by atoms with van der Waals surface area (Å²) in [5.74, 6) is 1.39. The van der Waals surface area contributed by atoms with Gasteiger partial charge in [-0.2, -0.15) is 0 Å². The third-order valence-corrected chi connectivity index (χ3v) is 4.24. The van der Waals surface area contributed by atoms with Gasteiger partial charge >= 0.3 is 0 Å². The zero-order chi connectivity index (χ0) is 16.4. The van der Waals surface area contributed by atoms with Crippen molar-refractivity contribution >= 4 is 23.0 Å². The van der Waals surface area contributed by atoms with Crippen LogP contribution in [0.15, 0.2) is 55.1 Å². The fourth-order valence-electron chi connectivity index (χ4n) is 2.99. The lowest BCUT2D eigenvalue weighted by Gasteiger charge is -2.30. The highest BCUT2D eigenvalue weighted by atomic mass is 15.2. The number of pyridine rings is 1. The van der Waals surface area contributed by atoms with E-state index in [1.807, 2.05) is 12.1 Å². The Morgan fingerprint density at radius 2 is 1.79 bits per heavy atom. The summed E-state index contributed by atoms with van der Waals surface area (Å²) in [6, 6.07) is 12.3. The van der Waals surface area contributed by atoms with E-state index in [9.17, 15) is 0 Å². The minimum Gasteiger partial charge on any atom is -0.393 e. The lowest BCUT2D eigenvalue weighted by molar-refractivity contribution is 0.721. The van der Waals surface area contributed by atoms with Crippen LogP contribution >= 0.6 is 0 Å². The molecule has 0 radical (unpaired) electrons. The van der Waals surface area contributed by atoms with Gasteiger partial charge in [0, 0.05) is 31.2 Å². The van der Waals surface area contributed by atoms with Gasteiger partial charge in [0.05, 0.1) is 0 Å². The summed E-state index contributed by atoms with van der Waals surface area (Å²) >= 11 is 0. The topological polar surface area (TPSA) is 80.0 Å². The first-order chi connectivity index (χ1) is 11.8. The zero-order valence-electron chi connectivity index (χ0n) is 13.2. The van der Waals surface area contributed by atoms with Gasteiger partial charge in [-0.15, -0.1) is 0 Å². The zero-order valence-corrected chi connectivity index (χ0v) is 13.2. The summed E-state index contributed by atoms with van der Waals surface area (Å²) in [6.07, 6.45) is 5.99. The van der Waals surface area contributed by atoms with Gasteiger partial charge in [0.1, 0.15) is 12.0 Å². The number of aromatic nitrogens is 3. The van der Waals surface area contributed by atoms with Crippen molar-refractivity contribution in [2.45, 2.75) is 13.0 Å². The molecule has 0 saturated carbocycles. The number of nitrogen functional groups attached to an aromatic ring is 1. The molecule has 0 amide bonds. The van der Waals surface area contributed by atoms with Gasteiger partial charge in [-0.05, 0) is 29.7 Å². The Morgan fingerprint density at radius 1 is 1.00 bits per heavy atom. The Hall–Kier alpha value is -3.15. The summed E-state index contributed by atoms with van der Waals surface area (Å²) in [7, 11) is 0. The standard InChI is InChI=1S/C18H18N6/c19-16-17(23-15-5-8-20-9-6-15)21-12-22-18(16)24-10-7-13-3-1-2-4-14(13)11-24/h1-6,8-9,12H,7,10-11,19H2,(H,20,21,22,23). The van der Waals surface area contributed by atoms with Crippen LogP contribution in [-0.2, 0) is 13.0 Å². The number of benzene rings is 1. The van der Waals surface area contributed by atoms with Crippen LogP contribution in [-0.4, -0.2) is 21.5 Å². The van der Waals surface area contributed by atoms with Crippen molar-refractivity contribution in [2.75, 3.05) is 22.5 Å². The molecule has 3 aromatic rings. The van der Waals surface area contributed by atoms with Crippen LogP contribution in [0.2, 0.25) is 0 Å². The molecule has 0 unspecified atom stereocenters. The van der Waals surface area contributed by atoms with Gasteiger partial charge in [-0.25, -0.2) is 9.97 Å². The molecule has 0 spiro atoms. The highest BCUT2D eigenvalue weighted by Gasteiger charge is 2.20. The van der Waals surface area contributed by atoms with E-state index < -0.39 is 0 Å². The van der Waals surface area contributed by atoms with Crippen molar-refractivity contribution in [2.24, 2.45) is 0 Å². The summed E-state index contributed by atoms with van der Waals surface area (Å²) in [5, 5.41) is 3.23. The molecular weight excluding hydrogens is 300 g/mol. The molecule has 1 aliphatic heterocycles. The molecule has 0 bridgehead atoms. The minimum absolute atomic E-state index is 0.564. The first kappa shape index (κ1) is 14.4. The maximum atomic E-state index is 6.34. The lowest BCUT2D eigenvalue weighted by atomic mass is 10.00. The molecule has 6 nitrogen and oxygen atoms in total. The number of nitrogens with two attached hydrogens (primary N) is 1. The maximum absolute atomic E-state index is 6.34. The second-order valence-corrected chi connectivity index (χ2v) is 5.76. The first-order valence-electron chi connectivity index (χ1n) is 7.90. The normalized spacial score (nSPS) is 13.4. The monoisotopic (exact) mass is 318 g/mol. The van der Waals surface area contributed by atoms with Crippen molar-refractivity contribution in [3.63, 3.8) is 0 Å². The van der Waals surface area contributed by atoms with E-state index in [0.717, 1.165) is 31.0 Å². The highest BCUT2D eigenvalue weighted by Crippen LogP contribution is 2.31. The second kappa shape index (κ2) is 6.16. The minimum atomic E-state index is 0.564. The van der Waals surface area contributed by atoms with E-state index in [1.165, 1.54) is 11.1 Å². The highest BCUT2D eigenvalue weighted by molar-refractivity contribution is 5.78. The molecule has 1 aliphatic rings. The largest absolute Gasteiger partial charge is 0.393 e. The molecule has 120 valence electrons. The van der Waals surface area contributed by atoms with Crippen LogP contribution in [0.5, 0.6) is 0 Å². The van der Waals surface area contributed by atoms with Gasteiger partial charge in [0.25, 0.3) is 0 Å². The van der Waals surface area contributed by atoms with E-state index in [2.05, 4.69) is 49.4 Å². The fourth-order valence-corrected chi connectivity index (χ4v) is 2.99. The molecule has 0 saturated heterocycles. The number of fused-ring (bicyclic) bond motifs is 1. The van der Waals surface area contributed by atoms with Crippen LogP contribution in [0.4, 0.5) is 23.0 Å². The summed E-state index contributed by atoms with van der Waals surface area (Å²) in [5.41, 5.74) is 10.5. The van der Waals surface area contributed by atoms with Gasteiger partial charge < -0.3 is 16.0 Å². The summed E-state index contributed by atoms with van der Waals surface area (Å²) < 4.78 is 0. The lowest BCUT2D eigenvalue weighted by Crippen LogP contribution is -2.31. The Bertz CT molecular complexity index is 849. The smallest absolute Gasteiger partial charge is 0.159 e. The van der Waals surface area contributed by atoms with Gasteiger partial charge in [0.15, 0.2) is 11.6 Å². The van der Waals surface area contributed by atoms with Gasteiger partial charge in [-0.1, -0.05) is 24.3 Å². The van der Waals surface area contributed by atoms with E-state index in [-0.39, 0.29) is 0 Å². The molecule has 4 rings (SSSR count). The average Bonchev–Trinajstić information content (AvgIpc) is 2.64. The summed E-state index contributed by atoms with van der Waals surface area (Å²) in [4.78, 5) is 14.9. The average molecular weight is 318 g/mol. The third kappa shape index (κ3) is 2.74. The van der Waals surface area contributed by atoms with Gasteiger partial charge in [-0.3, -0.25) is 4.98 Å². The van der Waals surface area contributed by atoms with E-state index in [0.29, 0.717) is 11.5 Å². The van der Waals surface area contributed by atoms with Crippen LogP contribution < -0.4 is 16.0 Å². The van der Waals surface area contributed by atoms with E-state index in [1.54, 1.807) is 18.7 Å². The summed E-state index contributed by atoms with van der Waals surface area (Å²) in [6.45, 7) is 1.71. The fraction of sp³-hybridized carbons (Fsp3) is 0.167. The first-order valence-corrected chi connectivity index (χ1v) is 7.90. The Morgan fingerprint density at radius 3 is 2.62 bits per heavy atom. The Labute approximate surface area is 140 Å². The number of nitrogens with one attached hydrogen (secondary N) is 1. The number of nitrogens with zero attached hydrogens (tertiary/aromatic N) is 4. The molecule has 3 N–H and O–H groups in total. The number of hydrogen-bond acceptors (Lipinski definition) is 6. The van der Waals surface area contributed by atoms with Crippen LogP contribution in [0.1, 0.15) is 11.1 Å². The van der Waals surface area contributed by atoms with Crippen molar-refractivity contribution in [3.05, 3.63) is 66.2 Å². The van der Waals surface area contributed by atoms with Crippen molar-refractivity contribution in [1.29, 1.82) is 0 Å². The predicted octanol–water partition coefficient (Wildman–Crippen LogP) is 2.76. The molecular formula is C18H18N6. The molecule has 0 fully saturated rings. The second-order valence-electron chi connectivity index (χ2n) is 5.76. The third-order valence-electron chi connectivity index (χ3n) is 4.24. The van der Waals surface area contributed by atoms with E-state index >= 15 is 0 Å². The molecule has 24 heavy (non-hydrogen) atoms. The molecule has 0 aliphatic carbocycles. The van der Waals surface area contributed by atoms with Crippen LogP contribution in [0, 0.1) is 0 Å². The van der Waals surface area contributed by atoms with Crippen LogP contribution in [0.3, 0.4) is 0 Å². The Kier molecular flexibility index (Phi) is 3.70. The quantitative estimate of drug-likeness (QED) is 0.773. The number of hydrogen-bond donors (Lipinski definition) is 2. The van der Waals surface area contributed by atoms with Crippen molar-refractivity contribution in [1.82, 2.24) is 15.0 Å². The van der Waals surface area contributed by atoms with Crippen LogP contribution in [0.25, 0.3) is 0 Å². The van der Waals surface area contributed by atoms with Crippen molar-refractivity contribution < 1.29 is 0 Å². The SMILES string of the molecule is Nc1c(Nc2ccncc2)ncnc1N1CCc2ccccc2C1. The molecule has 6 heteroatoms. The molecule has 2 aromatic heterocycles. The molecule has 0 atom stereocenters. The molecule has 3 heterocycles. The maximum Gasteiger partial charge on any atom is 0.159 e. The van der Waals surface area contributed by atoms with Crippen molar-refractivity contribution in [3.8, 4) is 0 Å².